The van der Waals surface area contributed by atoms with Gasteiger partial charge in [-0.3, -0.25) is 4.99 Å². The summed E-state index contributed by atoms with van der Waals surface area (Å²) in [5.74, 6) is 3.25. The first kappa shape index (κ1) is 22.3. The molecule has 0 fully saturated rings. The maximum absolute atomic E-state index is 5.36. The minimum absolute atomic E-state index is 0. The number of nitrogens with zero attached hydrogens (tertiary/aromatic N) is 1. The Morgan fingerprint density at radius 3 is 2.35 bits per heavy atom. The number of halogens is 1. The third-order valence-electron chi connectivity index (χ3n) is 3.72. The smallest absolute Gasteiger partial charge is 0.191 e. The fraction of sp³-hybridized carbons (Fsp3) is 0.450. The zero-order valence-electron chi connectivity index (χ0n) is 15.8. The van der Waals surface area contributed by atoms with Gasteiger partial charge in [0.05, 0.1) is 13.4 Å². The zero-order chi connectivity index (χ0) is 17.9. The highest BCUT2D eigenvalue weighted by molar-refractivity contribution is 14.0. The van der Waals surface area contributed by atoms with Gasteiger partial charge in [0.25, 0.3) is 0 Å². The molecule has 144 valence electrons. The second-order valence-corrected chi connectivity index (χ2v) is 6.36. The van der Waals surface area contributed by atoms with E-state index in [1.807, 2.05) is 24.3 Å². The van der Waals surface area contributed by atoms with Crippen LogP contribution in [-0.2, 0) is 12.8 Å². The molecule has 0 radical (unpaired) electrons. The maximum Gasteiger partial charge on any atom is 0.191 e. The first-order valence-corrected chi connectivity index (χ1v) is 8.85. The molecule has 0 atom stereocenters. The number of ether oxygens (including phenoxy) is 1. The monoisotopic (exact) mass is 471 g/mol. The first-order valence-electron chi connectivity index (χ1n) is 8.85. The van der Waals surface area contributed by atoms with E-state index in [1.54, 1.807) is 13.4 Å². The van der Waals surface area contributed by atoms with Gasteiger partial charge in [-0.15, -0.1) is 24.0 Å². The number of guanidine groups is 1. The lowest BCUT2D eigenvalue weighted by molar-refractivity contribution is 0.414. The van der Waals surface area contributed by atoms with Crippen molar-refractivity contribution in [1.29, 1.82) is 0 Å². The highest BCUT2D eigenvalue weighted by Crippen LogP contribution is 2.11. The van der Waals surface area contributed by atoms with E-state index in [2.05, 4.69) is 41.6 Å². The molecule has 1 heterocycles. The van der Waals surface area contributed by atoms with E-state index in [-0.39, 0.29) is 24.0 Å². The fourth-order valence-electron chi connectivity index (χ4n) is 2.32. The molecule has 26 heavy (non-hydrogen) atoms. The number of nitrogens with one attached hydrogen (secondary N) is 2. The van der Waals surface area contributed by atoms with Crippen LogP contribution in [0.3, 0.4) is 0 Å². The molecule has 1 aromatic carbocycles. The van der Waals surface area contributed by atoms with Gasteiger partial charge in [-0.1, -0.05) is 26.0 Å². The molecule has 2 aromatic rings. The van der Waals surface area contributed by atoms with E-state index in [9.17, 15) is 0 Å². The van der Waals surface area contributed by atoms with E-state index in [0.717, 1.165) is 49.9 Å². The Hall–Kier alpha value is -1.70. The molecule has 5 nitrogen and oxygen atoms in total. The molecule has 2 rings (SSSR count). The molecule has 0 aliphatic heterocycles. The second kappa shape index (κ2) is 12.6. The molecule has 0 bridgehead atoms. The van der Waals surface area contributed by atoms with Crippen molar-refractivity contribution in [3.8, 4) is 5.75 Å². The number of methoxy groups -OCH3 is 1. The van der Waals surface area contributed by atoms with Gasteiger partial charge in [-0.25, -0.2) is 0 Å². The van der Waals surface area contributed by atoms with Crippen LogP contribution in [0.1, 0.15) is 25.2 Å². The fourth-order valence-corrected chi connectivity index (χ4v) is 2.32. The number of benzene rings is 1. The van der Waals surface area contributed by atoms with E-state index in [1.165, 1.54) is 5.56 Å². The third kappa shape index (κ3) is 8.60. The number of hydrogen-bond acceptors (Lipinski definition) is 3. The van der Waals surface area contributed by atoms with E-state index < -0.39 is 0 Å². The summed E-state index contributed by atoms with van der Waals surface area (Å²) in [7, 11) is 1.68. The van der Waals surface area contributed by atoms with Gasteiger partial charge in [0.2, 0.25) is 0 Å². The minimum atomic E-state index is 0. The molecule has 1 aromatic heterocycles. The SMILES string of the molecule is COc1ccc(CCNC(=NCC(C)C)NCCc2ccco2)cc1.I. The van der Waals surface area contributed by atoms with Crippen LogP contribution in [0.15, 0.2) is 52.1 Å². The molecule has 0 saturated carbocycles. The van der Waals surface area contributed by atoms with Crippen LogP contribution in [0.2, 0.25) is 0 Å². The van der Waals surface area contributed by atoms with E-state index >= 15 is 0 Å². The van der Waals surface area contributed by atoms with Gasteiger partial charge in [-0.05, 0) is 42.2 Å². The van der Waals surface area contributed by atoms with Crippen LogP contribution >= 0.6 is 24.0 Å². The number of rotatable bonds is 9. The first-order chi connectivity index (χ1) is 12.2. The summed E-state index contributed by atoms with van der Waals surface area (Å²) < 4.78 is 10.5. The highest BCUT2D eigenvalue weighted by Gasteiger charge is 2.02. The van der Waals surface area contributed by atoms with Crippen molar-refractivity contribution in [2.24, 2.45) is 10.9 Å². The van der Waals surface area contributed by atoms with Crippen molar-refractivity contribution in [2.75, 3.05) is 26.7 Å². The largest absolute Gasteiger partial charge is 0.497 e. The predicted molar refractivity (Wildman–Crippen MR) is 118 cm³/mol. The quantitative estimate of drug-likeness (QED) is 0.331. The van der Waals surface area contributed by atoms with Crippen molar-refractivity contribution in [2.45, 2.75) is 26.7 Å². The zero-order valence-corrected chi connectivity index (χ0v) is 18.2. The number of furan rings is 1. The minimum Gasteiger partial charge on any atom is -0.497 e. The average molecular weight is 471 g/mol. The van der Waals surface area contributed by atoms with Crippen LogP contribution in [-0.4, -0.2) is 32.7 Å². The molecule has 0 unspecified atom stereocenters. The molecular formula is C20H30IN3O2. The summed E-state index contributed by atoms with van der Waals surface area (Å²) >= 11 is 0. The summed E-state index contributed by atoms with van der Waals surface area (Å²) in [6, 6.07) is 12.1. The highest BCUT2D eigenvalue weighted by atomic mass is 127. The summed E-state index contributed by atoms with van der Waals surface area (Å²) in [4.78, 5) is 4.64. The lowest BCUT2D eigenvalue weighted by Crippen LogP contribution is -2.39. The van der Waals surface area contributed by atoms with Gasteiger partial charge in [0.15, 0.2) is 5.96 Å². The molecule has 0 amide bonds. The van der Waals surface area contributed by atoms with Gasteiger partial charge >= 0.3 is 0 Å². The summed E-state index contributed by atoms with van der Waals surface area (Å²) in [5.41, 5.74) is 1.27. The maximum atomic E-state index is 5.36. The van der Waals surface area contributed by atoms with Crippen molar-refractivity contribution >= 4 is 29.9 Å². The van der Waals surface area contributed by atoms with Crippen LogP contribution < -0.4 is 15.4 Å². The second-order valence-electron chi connectivity index (χ2n) is 6.36. The Morgan fingerprint density at radius 1 is 1.08 bits per heavy atom. The van der Waals surface area contributed by atoms with Gasteiger partial charge in [0, 0.05) is 26.1 Å². The molecule has 0 aliphatic rings. The topological polar surface area (TPSA) is 58.8 Å². The molecule has 0 saturated heterocycles. The number of aliphatic imine (C=N–C) groups is 1. The third-order valence-corrected chi connectivity index (χ3v) is 3.72. The molecule has 6 heteroatoms. The Kier molecular flexibility index (Phi) is 10.8. The normalized spacial score (nSPS) is 11.2. The van der Waals surface area contributed by atoms with Crippen molar-refractivity contribution in [1.82, 2.24) is 10.6 Å². The molecule has 2 N–H and O–H groups in total. The van der Waals surface area contributed by atoms with Crippen LogP contribution in [0.4, 0.5) is 0 Å². The molecular weight excluding hydrogens is 441 g/mol. The molecule has 0 spiro atoms. The predicted octanol–water partition coefficient (Wildman–Crippen LogP) is 3.88. The van der Waals surface area contributed by atoms with Crippen molar-refractivity contribution in [3.05, 3.63) is 54.0 Å². The molecule has 0 aliphatic carbocycles. The van der Waals surface area contributed by atoms with Crippen LogP contribution in [0, 0.1) is 5.92 Å². The standard InChI is InChI=1S/C20H29N3O2.HI/c1-16(2)15-23-20(22-13-11-19-5-4-14-25-19)21-12-10-17-6-8-18(24-3)9-7-17;/h4-9,14,16H,10-13,15H2,1-3H3,(H2,21,22,23);1H. The lowest BCUT2D eigenvalue weighted by atomic mass is 10.1. The Balaban J connectivity index is 0.00000338. The van der Waals surface area contributed by atoms with Crippen LogP contribution in [0.25, 0.3) is 0 Å². The summed E-state index contributed by atoms with van der Waals surface area (Å²) in [6.07, 6.45) is 3.48. The van der Waals surface area contributed by atoms with Gasteiger partial charge < -0.3 is 19.8 Å². The van der Waals surface area contributed by atoms with Gasteiger partial charge in [-0.2, -0.15) is 0 Å². The van der Waals surface area contributed by atoms with Crippen molar-refractivity contribution in [3.63, 3.8) is 0 Å². The lowest BCUT2D eigenvalue weighted by Gasteiger charge is -2.13. The summed E-state index contributed by atoms with van der Waals surface area (Å²) in [5, 5.41) is 6.79. The Morgan fingerprint density at radius 2 is 1.77 bits per heavy atom. The van der Waals surface area contributed by atoms with Crippen molar-refractivity contribution < 1.29 is 9.15 Å². The number of hydrogen-bond donors (Lipinski definition) is 2. The van der Waals surface area contributed by atoms with Crippen LogP contribution in [0.5, 0.6) is 5.75 Å². The average Bonchev–Trinajstić information content (AvgIpc) is 3.13. The van der Waals surface area contributed by atoms with E-state index in [0.29, 0.717) is 5.92 Å². The Bertz CT molecular complexity index is 625. The van der Waals surface area contributed by atoms with E-state index in [4.69, 9.17) is 9.15 Å². The summed E-state index contributed by atoms with van der Waals surface area (Å²) in [6.45, 7) is 6.76. The Labute approximate surface area is 173 Å². The van der Waals surface area contributed by atoms with Gasteiger partial charge in [0.1, 0.15) is 11.5 Å².